The van der Waals surface area contributed by atoms with Crippen molar-refractivity contribution in [3.8, 4) is 0 Å². The summed E-state index contributed by atoms with van der Waals surface area (Å²) in [5, 5.41) is 39.4. The number of hydrogen-bond acceptors (Lipinski definition) is 4. The normalized spacial score (nSPS) is 11.1. The van der Waals surface area contributed by atoms with Gasteiger partial charge in [0.2, 0.25) is 0 Å². The van der Waals surface area contributed by atoms with E-state index in [2.05, 4.69) is 0 Å². The van der Waals surface area contributed by atoms with Gasteiger partial charge >= 0.3 is 0 Å². The third kappa shape index (κ3) is 1.89. The fourth-order valence-electron chi connectivity index (χ4n) is 2.44. The molecule has 18 heavy (non-hydrogen) atoms. The Morgan fingerprint density at radius 2 is 0.889 bits per heavy atom. The van der Waals surface area contributed by atoms with Crippen LogP contribution in [0.2, 0.25) is 0 Å². The third-order valence-electron chi connectivity index (χ3n) is 3.30. The summed E-state index contributed by atoms with van der Waals surface area (Å²) in [6.07, 6.45) is 0. The zero-order chi connectivity index (χ0) is 13.1. The molecular formula is C14H16O4. The van der Waals surface area contributed by atoms with Crippen LogP contribution >= 0.6 is 0 Å². The Labute approximate surface area is 105 Å². The highest BCUT2D eigenvalue weighted by Gasteiger charge is 2.16. The summed E-state index contributed by atoms with van der Waals surface area (Å²) in [6.45, 7) is -0.975. The van der Waals surface area contributed by atoms with Crippen LogP contribution in [0.5, 0.6) is 0 Å². The first-order valence-electron chi connectivity index (χ1n) is 5.76. The van der Waals surface area contributed by atoms with Crippen LogP contribution in [0.1, 0.15) is 22.3 Å². The molecule has 0 bridgehead atoms. The summed E-state index contributed by atoms with van der Waals surface area (Å²) in [4.78, 5) is 0. The molecule has 0 aliphatic rings. The van der Waals surface area contributed by atoms with E-state index in [-0.39, 0.29) is 26.4 Å². The fourth-order valence-corrected chi connectivity index (χ4v) is 2.44. The first-order valence-corrected chi connectivity index (χ1v) is 5.76. The highest BCUT2D eigenvalue weighted by atomic mass is 16.3. The van der Waals surface area contributed by atoms with Gasteiger partial charge in [0.15, 0.2) is 0 Å². The SMILES string of the molecule is OCc1c(CO)c(CO)c2ccccc2c1CO. The lowest BCUT2D eigenvalue weighted by Crippen LogP contribution is -2.07. The monoisotopic (exact) mass is 248 g/mol. The van der Waals surface area contributed by atoms with E-state index in [1.54, 1.807) is 0 Å². The highest BCUT2D eigenvalue weighted by molar-refractivity contribution is 5.91. The second kappa shape index (κ2) is 5.46. The molecule has 0 unspecified atom stereocenters. The average Bonchev–Trinajstić information content (AvgIpc) is 2.44. The van der Waals surface area contributed by atoms with Crippen molar-refractivity contribution < 1.29 is 20.4 Å². The van der Waals surface area contributed by atoms with Crippen molar-refractivity contribution in [3.05, 3.63) is 46.5 Å². The van der Waals surface area contributed by atoms with E-state index < -0.39 is 0 Å². The van der Waals surface area contributed by atoms with Crippen molar-refractivity contribution in [2.24, 2.45) is 0 Å². The molecule has 0 heterocycles. The Bertz CT molecular complexity index is 513. The minimum absolute atomic E-state index is 0.213. The molecule has 0 saturated carbocycles. The molecule has 2 rings (SSSR count). The minimum atomic E-state index is -0.274. The molecule has 0 aliphatic heterocycles. The van der Waals surface area contributed by atoms with Crippen LogP contribution in [-0.2, 0) is 26.4 Å². The molecule has 4 heteroatoms. The lowest BCUT2D eigenvalue weighted by atomic mass is 9.90. The molecule has 0 aliphatic carbocycles. The highest BCUT2D eigenvalue weighted by Crippen LogP contribution is 2.31. The Kier molecular flexibility index (Phi) is 3.93. The van der Waals surface area contributed by atoms with Crippen molar-refractivity contribution in [3.63, 3.8) is 0 Å². The molecule has 2 aromatic rings. The van der Waals surface area contributed by atoms with Gasteiger partial charge in [-0.15, -0.1) is 0 Å². The summed E-state index contributed by atoms with van der Waals surface area (Å²) in [7, 11) is 0. The molecule has 0 spiro atoms. The summed E-state index contributed by atoms with van der Waals surface area (Å²) < 4.78 is 0. The van der Waals surface area contributed by atoms with Crippen molar-refractivity contribution in [1.29, 1.82) is 0 Å². The van der Waals surface area contributed by atoms with Crippen LogP contribution in [0.15, 0.2) is 24.3 Å². The Balaban J connectivity index is 2.94. The molecule has 0 saturated heterocycles. The van der Waals surface area contributed by atoms with Crippen molar-refractivity contribution >= 4 is 10.8 Å². The molecule has 0 aromatic heterocycles. The number of fused-ring (bicyclic) bond motifs is 1. The molecule has 0 atom stereocenters. The van der Waals surface area contributed by atoms with E-state index in [9.17, 15) is 20.4 Å². The maximum absolute atomic E-state index is 9.48. The number of hydrogen-bond donors (Lipinski definition) is 4. The van der Waals surface area contributed by atoms with Crippen molar-refractivity contribution in [1.82, 2.24) is 0 Å². The van der Waals surface area contributed by atoms with Crippen LogP contribution in [-0.4, -0.2) is 20.4 Å². The van der Waals surface area contributed by atoms with Gasteiger partial charge in [-0.1, -0.05) is 24.3 Å². The third-order valence-corrected chi connectivity index (χ3v) is 3.30. The van der Waals surface area contributed by atoms with Crippen molar-refractivity contribution in [2.75, 3.05) is 0 Å². The minimum Gasteiger partial charge on any atom is -0.392 e. The van der Waals surface area contributed by atoms with Gasteiger partial charge in [0.1, 0.15) is 0 Å². The molecule has 4 N–H and O–H groups in total. The summed E-state index contributed by atoms with van der Waals surface area (Å²) in [5.74, 6) is 0. The molecule has 0 radical (unpaired) electrons. The van der Waals surface area contributed by atoms with Crippen LogP contribution in [0.4, 0.5) is 0 Å². The zero-order valence-corrected chi connectivity index (χ0v) is 9.93. The number of aliphatic hydroxyl groups is 4. The Hall–Kier alpha value is -1.46. The molecule has 4 nitrogen and oxygen atoms in total. The Morgan fingerprint density at radius 3 is 1.17 bits per heavy atom. The van der Waals surface area contributed by atoms with Gasteiger partial charge in [-0.2, -0.15) is 0 Å². The molecule has 2 aromatic carbocycles. The number of benzene rings is 2. The molecule has 0 fully saturated rings. The van der Waals surface area contributed by atoms with Crippen LogP contribution in [0.25, 0.3) is 10.8 Å². The second-order valence-corrected chi connectivity index (χ2v) is 4.09. The van der Waals surface area contributed by atoms with Crippen molar-refractivity contribution in [2.45, 2.75) is 26.4 Å². The lowest BCUT2D eigenvalue weighted by molar-refractivity contribution is 0.241. The largest absolute Gasteiger partial charge is 0.392 e. The molecule has 96 valence electrons. The maximum atomic E-state index is 9.48. The van der Waals surface area contributed by atoms with Gasteiger partial charge in [-0.25, -0.2) is 0 Å². The van der Waals surface area contributed by atoms with Crippen LogP contribution in [0, 0.1) is 0 Å². The van der Waals surface area contributed by atoms with Crippen LogP contribution in [0.3, 0.4) is 0 Å². The van der Waals surface area contributed by atoms with E-state index >= 15 is 0 Å². The topological polar surface area (TPSA) is 80.9 Å². The zero-order valence-electron chi connectivity index (χ0n) is 9.93. The standard InChI is InChI=1S/C14H16O4/c15-5-11-9-3-1-2-4-10(9)12(6-16)14(8-18)13(11)7-17/h1-4,15-18H,5-8H2. The molecule has 0 amide bonds. The van der Waals surface area contributed by atoms with Gasteiger partial charge in [0.05, 0.1) is 26.4 Å². The second-order valence-electron chi connectivity index (χ2n) is 4.09. The maximum Gasteiger partial charge on any atom is 0.0691 e. The number of aliphatic hydroxyl groups excluding tert-OH is 4. The summed E-state index contributed by atoms with van der Waals surface area (Å²) in [6, 6.07) is 7.34. The average molecular weight is 248 g/mol. The van der Waals surface area contributed by atoms with E-state index in [0.29, 0.717) is 22.3 Å². The van der Waals surface area contributed by atoms with Gasteiger partial charge in [0.25, 0.3) is 0 Å². The lowest BCUT2D eigenvalue weighted by Gasteiger charge is -2.18. The van der Waals surface area contributed by atoms with Gasteiger partial charge in [-0.3, -0.25) is 0 Å². The van der Waals surface area contributed by atoms with E-state index in [0.717, 1.165) is 10.8 Å². The number of rotatable bonds is 4. The van der Waals surface area contributed by atoms with E-state index in [1.165, 1.54) is 0 Å². The van der Waals surface area contributed by atoms with Crippen LogP contribution < -0.4 is 0 Å². The first kappa shape index (κ1) is 13.0. The smallest absolute Gasteiger partial charge is 0.0691 e. The van der Waals surface area contributed by atoms with E-state index in [1.807, 2.05) is 24.3 Å². The fraction of sp³-hybridized carbons (Fsp3) is 0.286. The Morgan fingerprint density at radius 1 is 0.556 bits per heavy atom. The van der Waals surface area contributed by atoms with Gasteiger partial charge in [-0.05, 0) is 33.0 Å². The summed E-state index contributed by atoms with van der Waals surface area (Å²) in [5.41, 5.74) is 2.22. The van der Waals surface area contributed by atoms with E-state index in [4.69, 9.17) is 0 Å². The first-order chi connectivity index (χ1) is 8.78. The van der Waals surface area contributed by atoms with Gasteiger partial charge in [0, 0.05) is 0 Å². The molecular weight excluding hydrogens is 232 g/mol. The quantitative estimate of drug-likeness (QED) is 0.645. The summed E-state index contributed by atoms with van der Waals surface area (Å²) >= 11 is 0. The predicted molar refractivity (Wildman–Crippen MR) is 67.6 cm³/mol. The van der Waals surface area contributed by atoms with Gasteiger partial charge < -0.3 is 20.4 Å². The predicted octanol–water partition coefficient (Wildman–Crippen LogP) is 0.809.